The minimum absolute atomic E-state index is 0.0963. The van der Waals surface area contributed by atoms with Crippen molar-refractivity contribution in [1.29, 1.82) is 0 Å². The van der Waals surface area contributed by atoms with E-state index >= 15 is 0 Å². The molecular weight excluding hydrogens is 154 g/mol. The maximum absolute atomic E-state index is 9.50. The number of aliphatic hydroxyl groups is 2. The molecule has 0 amide bonds. The van der Waals surface area contributed by atoms with Crippen molar-refractivity contribution in [2.75, 3.05) is 0 Å². The van der Waals surface area contributed by atoms with Crippen LogP contribution in [-0.4, -0.2) is 34.5 Å². The van der Waals surface area contributed by atoms with Gasteiger partial charge in [-0.05, 0) is 32.1 Å². The van der Waals surface area contributed by atoms with E-state index in [0.29, 0.717) is 12.1 Å². The fourth-order valence-electron chi connectivity index (χ4n) is 2.16. The number of aliphatic hydroxyl groups excluding tert-OH is 2. The largest absolute Gasteiger partial charge is 0.393 e. The molecule has 0 bridgehead atoms. The van der Waals surface area contributed by atoms with Gasteiger partial charge in [-0.3, -0.25) is 0 Å². The van der Waals surface area contributed by atoms with E-state index in [1.807, 2.05) is 0 Å². The van der Waals surface area contributed by atoms with Gasteiger partial charge in [0.25, 0.3) is 0 Å². The Morgan fingerprint density at radius 3 is 2.33 bits per heavy atom. The molecule has 12 heavy (non-hydrogen) atoms. The first-order chi connectivity index (χ1) is 5.75. The average molecular weight is 171 g/mol. The molecule has 0 radical (unpaired) electrons. The third-order valence-corrected chi connectivity index (χ3v) is 3.04. The number of rotatable bonds is 2. The molecule has 2 atom stereocenters. The normalized spacial score (nSPS) is 47.5. The van der Waals surface area contributed by atoms with E-state index in [9.17, 15) is 5.11 Å². The maximum Gasteiger partial charge on any atom is 0.0693 e. The van der Waals surface area contributed by atoms with Crippen molar-refractivity contribution < 1.29 is 10.2 Å². The highest BCUT2D eigenvalue weighted by molar-refractivity contribution is 4.91. The van der Waals surface area contributed by atoms with Crippen LogP contribution in [0.3, 0.4) is 0 Å². The number of hydrogen-bond acceptors (Lipinski definition) is 3. The highest BCUT2D eigenvalue weighted by Gasteiger charge is 2.32. The molecule has 0 spiro atoms. The SMILES string of the molecule is OC1CC(NC2CCCC2O)C1. The summed E-state index contributed by atoms with van der Waals surface area (Å²) in [5.41, 5.74) is 0. The van der Waals surface area contributed by atoms with Crippen molar-refractivity contribution in [2.24, 2.45) is 0 Å². The van der Waals surface area contributed by atoms with Crippen LogP contribution in [0.15, 0.2) is 0 Å². The molecule has 2 aliphatic rings. The predicted octanol–water partition coefficient (Wildman–Crippen LogP) is 0.0127. The molecule has 0 saturated heterocycles. The van der Waals surface area contributed by atoms with E-state index in [4.69, 9.17) is 5.11 Å². The van der Waals surface area contributed by atoms with Gasteiger partial charge in [-0.2, -0.15) is 0 Å². The molecular formula is C9H17NO2. The first-order valence-electron chi connectivity index (χ1n) is 4.88. The van der Waals surface area contributed by atoms with E-state index in [2.05, 4.69) is 5.32 Å². The van der Waals surface area contributed by atoms with Crippen molar-refractivity contribution in [1.82, 2.24) is 5.32 Å². The van der Waals surface area contributed by atoms with Crippen LogP contribution in [0.1, 0.15) is 32.1 Å². The van der Waals surface area contributed by atoms with Gasteiger partial charge < -0.3 is 15.5 Å². The van der Waals surface area contributed by atoms with Crippen LogP contribution in [0.5, 0.6) is 0 Å². The Labute approximate surface area is 72.8 Å². The molecule has 2 aliphatic carbocycles. The summed E-state index contributed by atoms with van der Waals surface area (Å²) in [7, 11) is 0. The van der Waals surface area contributed by atoms with Gasteiger partial charge in [0, 0.05) is 12.1 Å². The van der Waals surface area contributed by atoms with E-state index < -0.39 is 0 Å². The summed E-state index contributed by atoms with van der Waals surface area (Å²) < 4.78 is 0. The van der Waals surface area contributed by atoms with Gasteiger partial charge in [-0.15, -0.1) is 0 Å². The third kappa shape index (κ3) is 1.63. The van der Waals surface area contributed by atoms with Crippen molar-refractivity contribution in [3.05, 3.63) is 0 Å². The summed E-state index contributed by atoms with van der Waals surface area (Å²) in [6.07, 6.45) is 4.64. The Balaban J connectivity index is 1.72. The molecule has 70 valence electrons. The first kappa shape index (κ1) is 8.48. The lowest BCUT2D eigenvalue weighted by Crippen LogP contribution is -2.50. The smallest absolute Gasteiger partial charge is 0.0693 e. The summed E-state index contributed by atoms with van der Waals surface area (Å²) in [5, 5.41) is 21.9. The predicted molar refractivity (Wildman–Crippen MR) is 45.8 cm³/mol. The minimum atomic E-state index is -0.150. The second-order valence-corrected chi connectivity index (χ2v) is 4.09. The van der Waals surface area contributed by atoms with Crippen molar-refractivity contribution in [3.63, 3.8) is 0 Å². The Hall–Kier alpha value is -0.120. The molecule has 3 heteroatoms. The Kier molecular flexibility index (Phi) is 2.35. The molecule has 0 aromatic rings. The summed E-state index contributed by atoms with van der Waals surface area (Å²) in [4.78, 5) is 0. The van der Waals surface area contributed by atoms with Gasteiger partial charge in [0.15, 0.2) is 0 Å². The number of nitrogens with one attached hydrogen (secondary N) is 1. The van der Waals surface area contributed by atoms with E-state index in [-0.39, 0.29) is 12.2 Å². The summed E-state index contributed by atoms with van der Waals surface area (Å²) in [6.45, 7) is 0. The second-order valence-electron chi connectivity index (χ2n) is 4.09. The van der Waals surface area contributed by atoms with E-state index in [1.165, 1.54) is 0 Å². The van der Waals surface area contributed by atoms with Crippen LogP contribution < -0.4 is 5.32 Å². The van der Waals surface area contributed by atoms with Gasteiger partial charge in [0.1, 0.15) is 0 Å². The molecule has 3 N–H and O–H groups in total. The lowest BCUT2D eigenvalue weighted by Gasteiger charge is -2.35. The zero-order chi connectivity index (χ0) is 8.55. The molecule has 0 aromatic heterocycles. The van der Waals surface area contributed by atoms with Gasteiger partial charge in [0.2, 0.25) is 0 Å². The zero-order valence-corrected chi connectivity index (χ0v) is 7.24. The first-order valence-corrected chi connectivity index (χ1v) is 4.88. The highest BCUT2D eigenvalue weighted by Crippen LogP contribution is 2.25. The summed E-state index contributed by atoms with van der Waals surface area (Å²) >= 11 is 0. The molecule has 2 rings (SSSR count). The Morgan fingerprint density at radius 2 is 1.83 bits per heavy atom. The molecule has 0 aromatic carbocycles. The van der Waals surface area contributed by atoms with Crippen LogP contribution >= 0.6 is 0 Å². The lowest BCUT2D eigenvalue weighted by atomic mass is 9.88. The topological polar surface area (TPSA) is 52.5 Å². The fraction of sp³-hybridized carbons (Fsp3) is 1.00. The molecule has 0 aliphatic heterocycles. The van der Waals surface area contributed by atoms with E-state index in [0.717, 1.165) is 32.1 Å². The van der Waals surface area contributed by atoms with Gasteiger partial charge in [0.05, 0.1) is 12.2 Å². The average Bonchev–Trinajstić information content (AvgIpc) is 2.33. The molecule has 2 saturated carbocycles. The molecule has 2 fully saturated rings. The monoisotopic (exact) mass is 171 g/mol. The van der Waals surface area contributed by atoms with Crippen LogP contribution in [-0.2, 0) is 0 Å². The second kappa shape index (κ2) is 3.32. The van der Waals surface area contributed by atoms with Crippen molar-refractivity contribution in [3.8, 4) is 0 Å². The standard InChI is InChI=1S/C9H17NO2/c11-7-4-6(5-7)10-8-2-1-3-9(8)12/h6-12H,1-5H2. The molecule has 2 unspecified atom stereocenters. The quantitative estimate of drug-likeness (QED) is 0.548. The fourth-order valence-corrected chi connectivity index (χ4v) is 2.16. The van der Waals surface area contributed by atoms with Crippen LogP contribution in [0.4, 0.5) is 0 Å². The molecule has 3 nitrogen and oxygen atoms in total. The van der Waals surface area contributed by atoms with Gasteiger partial charge >= 0.3 is 0 Å². The highest BCUT2D eigenvalue weighted by atomic mass is 16.3. The number of hydrogen-bond donors (Lipinski definition) is 3. The Morgan fingerprint density at radius 1 is 1.08 bits per heavy atom. The van der Waals surface area contributed by atoms with Crippen LogP contribution in [0.25, 0.3) is 0 Å². The summed E-state index contributed by atoms with van der Waals surface area (Å²) in [5.74, 6) is 0. The van der Waals surface area contributed by atoms with Crippen molar-refractivity contribution >= 4 is 0 Å². The Bertz CT molecular complexity index is 157. The minimum Gasteiger partial charge on any atom is -0.393 e. The summed E-state index contributed by atoms with van der Waals surface area (Å²) in [6, 6.07) is 0.750. The lowest BCUT2D eigenvalue weighted by molar-refractivity contribution is 0.0463. The van der Waals surface area contributed by atoms with E-state index in [1.54, 1.807) is 0 Å². The maximum atomic E-state index is 9.50. The van der Waals surface area contributed by atoms with Crippen molar-refractivity contribution in [2.45, 2.75) is 56.4 Å². The van der Waals surface area contributed by atoms with Gasteiger partial charge in [-0.1, -0.05) is 0 Å². The zero-order valence-electron chi connectivity index (χ0n) is 7.24. The molecule has 0 heterocycles. The third-order valence-electron chi connectivity index (χ3n) is 3.04. The van der Waals surface area contributed by atoms with Gasteiger partial charge in [-0.25, -0.2) is 0 Å². The van der Waals surface area contributed by atoms with Crippen LogP contribution in [0.2, 0.25) is 0 Å². The van der Waals surface area contributed by atoms with Crippen LogP contribution in [0, 0.1) is 0 Å².